The summed E-state index contributed by atoms with van der Waals surface area (Å²) in [6.45, 7) is 0. The van der Waals surface area contributed by atoms with Crippen molar-refractivity contribution in [1.29, 1.82) is 5.26 Å². The predicted molar refractivity (Wildman–Crippen MR) is 107 cm³/mol. The van der Waals surface area contributed by atoms with Crippen LogP contribution in [0.4, 0.5) is 11.6 Å². The van der Waals surface area contributed by atoms with Crippen LogP contribution in [0.15, 0.2) is 59.3 Å². The molecule has 0 unspecified atom stereocenters. The molecule has 0 aliphatic heterocycles. The Balaban J connectivity index is 1.58. The first kappa shape index (κ1) is 18.1. The lowest BCUT2D eigenvalue weighted by Crippen LogP contribution is -1.98. The molecule has 0 atom stereocenters. The van der Waals surface area contributed by atoms with Gasteiger partial charge in [0.05, 0.1) is 23.8 Å². The summed E-state index contributed by atoms with van der Waals surface area (Å²) in [5.41, 5.74) is 2.15. The third-order valence-corrected chi connectivity index (χ3v) is 4.47. The molecule has 0 aliphatic carbocycles. The number of nitrogens with one attached hydrogen (secondary N) is 1. The van der Waals surface area contributed by atoms with Gasteiger partial charge in [-0.05, 0) is 30.3 Å². The monoisotopic (exact) mass is 410 g/mol. The van der Waals surface area contributed by atoms with Gasteiger partial charge in [-0.2, -0.15) is 10.2 Å². The predicted octanol–water partition coefficient (Wildman–Crippen LogP) is 6.13. The van der Waals surface area contributed by atoms with Gasteiger partial charge < -0.3 is 14.5 Å². The highest BCUT2D eigenvalue weighted by Gasteiger charge is 2.13. The number of hydrogen-bond donors (Lipinski definition) is 1. The summed E-state index contributed by atoms with van der Waals surface area (Å²) >= 11 is 12.2. The number of nitrogens with zero attached hydrogens (tertiary/aromatic N) is 3. The maximum atomic E-state index is 8.89. The van der Waals surface area contributed by atoms with Crippen LogP contribution in [0.3, 0.4) is 0 Å². The molecule has 138 valence electrons. The molecule has 0 saturated heterocycles. The second-order valence-corrected chi connectivity index (χ2v) is 6.67. The molecule has 0 amide bonds. The Hall–Kier alpha value is -3.27. The molecule has 1 N–H and O–H groups in total. The lowest BCUT2D eigenvalue weighted by Gasteiger charge is -2.09. The number of aromatic nitrogens is 2. The zero-order valence-electron chi connectivity index (χ0n) is 14.3. The van der Waals surface area contributed by atoms with E-state index in [4.69, 9.17) is 37.6 Å². The Morgan fingerprint density at radius 3 is 2.75 bits per heavy atom. The summed E-state index contributed by atoms with van der Waals surface area (Å²) in [6, 6.07) is 14.3. The third-order valence-electron chi connectivity index (χ3n) is 3.92. The molecule has 2 aromatic carbocycles. The minimum atomic E-state index is 0.245. The van der Waals surface area contributed by atoms with E-state index in [0.29, 0.717) is 33.2 Å². The number of ether oxygens (including phenoxy) is 1. The molecule has 0 spiro atoms. The van der Waals surface area contributed by atoms with Crippen LogP contribution in [0.2, 0.25) is 10.0 Å². The van der Waals surface area contributed by atoms with Gasteiger partial charge in [-0.3, -0.25) is 0 Å². The van der Waals surface area contributed by atoms with Crippen LogP contribution in [0, 0.1) is 11.3 Å². The van der Waals surface area contributed by atoms with Gasteiger partial charge in [0.25, 0.3) is 0 Å². The van der Waals surface area contributed by atoms with Gasteiger partial charge >= 0.3 is 0 Å². The Labute approximate surface area is 170 Å². The molecular weight excluding hydrogens is 399 g/mol. The summed E-state index contributed by atoms with van der Waals surface area (Å²) < 4.78 is 11.3. The maximum absolute atomic E-state index is 8.89. The molecule has 2 aromatic heterocycles. The summed E-state index contributed by atoms with van der Waals surface area (Å²) in [5, 5.41) is 13.8. The number of fused-ring (bicyclic) bond motifs is 1. The first-order valence-electron chi connectivity index (χ1n) is 8.22. The number of hydrogen-bond acceptors (Lipinski definition) is 6. The second-order valence-electron chi connectivity index (χ2n) is 5.83. The molecule has 2 heterocycles. The lowest BCUT2D eigenvalue weighted by molar-refractivity contribution is 0.462. The molecule has 0 radical (unpaired) electrons. The van der Waals surface area contributed by atoms with Gasteiger partial charge in [0.15, 0.2) is 5.75 Å². The molecule has 6 nitrogen and oxygen atoms in total. The highest BCUT2D eigenvalue weighted by molar-refractivity contribution is 6.33. The van der Waals surface area contributed by atoms with Crippen LogP contribution >= 0.6 is 23.2 Å². The number of rotatable bonds is 5. The Morgan fingerprint density at radius 1 is 1.14 bits per heavy atom. The Bertz CT molecular complexity index is 1180. The standard InChI is InChI=1S/C20H12Cl2N4O2/c21-13-1-3-14(4-2-13)25-20-24-8-6-19(26-20)28-18-10-17-15(9-16(18)22)12(5-7-23)11-27-17/h1-4,6,8-11H,5H2,(H,24,25,26). The zero-order valence-corrected chi connectivity index (χ0v) is 15.8. The van der Waals surface area contributed by atoms with E-state index in [2.05, 4.69) is 21.4 Å². The summed E-state index contributed by atoms with van der Waals surface area (Å²) in [5.74, 6) is 1.08. The molecule has 8 heteroatoms. The number of halogens is 2. The minimum Gasteiger partial charge on any atom is -0.464 e. The van der Waals surface area contributed by atoms with Gasteiger partial charge in [-0.15, -0.1) is 0 Å². The van der Waals surface area contributed by atoms with Crippen LogP contribution in [0.5, 0.6) is 11.6 Å². The van der Waals surface area contributed by atoms with Gasteiger partial charge in [-0.1, -0.05) is 23.2 Å². The number of benzene rings is 2. The van der Waals surface area contributed by atoms with Crippen LogP contribution in [0.1, 0.15) is 5.56 Å². The molecule has 4 aromatic rings. The summed E-state index contributed by atoms with van der Waals surface area (Å²) in [6.07, 6.45) is 3.37. The van der Waals surface area contributed by atoms with Crippen molar-refractivity contribution in [2.45, 2.75) is 6.42 Å². The van der Waals surface area contributed by atoms with Crippen LogP contribution in [-0.2, 0) is 6.42 Å². The highest BCUT2D eigenvalue weighted by atomic mass is 35.5. The minimum absolute atomic E-state index is 0.245. The van der Waals surface area contributed by atoms with Crippen LogP contribution in [0.25, 0.3) is 11.0 Å². The number of nitriles is 1. The van der Waals surface area contributed by atoms with Crippen molar-refractivity contribution >= 4 is 45.8 Å². The van der Waals surface area contributed by atoms with E-state index in [1.54, 1.807) is 42.8 Å². The second kappa shape index (κ2) is 7.77. The number of furan rings is 1. The largest absolute Gasteiger partial charge is 0.464 e. The van der Waals surface area contributed by atoms with Crippen molar-refractivity contribution in [3.63, 3.8) is 0 Å². The zero-order chi connectivity index (χ0) is 19.5. The van der Waals surface area contributed by atoms with Crippen LogP contribution in [-0.4, -0.2) is 9.97 Å². The molecule has 0 saturated carbocycles. The molecule has 28 heavy (non-hydrogen) atoms. The van der Waals surface area contributed by atoms with E-state index in [9.17, 15) is 0 Å². The number of anilines is 2. The molecule has 0 fully saturated rings. The molecule has 0 aliphatic rings. The van der Waals surface area contributed by atoms with E-state index in [0.717, 1.165) is 16.6 Å². The van der Waals surface area contributed by atoms with Gasteiger partial charge in [0, 0.05) is 40.0 Å². The van der Waals surface area contributed by atoms with E-state index < -0.39 is 0 Å². The van der Waals surface area contributed by atoms with Crippen molar-refractivity contribution in [2.24, 2.45) is 0 Å². The maximum Gasteiger partial charge on any atom is 0.230 e. The first-order chi connectivity index (χ1) is 13.6. The average molecular weight is 411 g/mol. The lowest BCUT2D eigenvalue weighted by atomic mass is 10.1. The fraction of sp³-hybridized carbons (Fsp3) is 0.0500. The topological polar surface area (TPSA) is 84.0 Å². The van der Waals surface area contributed by atoms with Crippen molar-refractivity contribution in [3.05, 3.63) is 70.5 Å². The van der Waals surface area contributed by atoms with Gasteiger partial charge in [0.2, 0.25) is 11.8 Å². The van der Waals surface area contributed by atoms with Crippen molar-refractivity contribution in [2.75, 3.05) is 5.32 Å². The highest BCUT2D eigenvalue weighted by Crippen LogP contribution is 2.35. The quantitative estimate of drug-likeness (QED) is 0.425. The van der Waals surface area contributed by atoms with E-state index in [1.807, 2.05) is 12.1 Å². The van der Waals surface area contributed by atoms with Crippen molar-refractivity contribution < 1.29 is 9.15 Å². The van der Waals surface area contributed by atoms with Gasteiger partial charge in [0.1, 0.15) is 5.58 Å². The van der Waals surface area contributed by atoms with Crippen molar-refractivity contribution in [3.8, 4) is 17.7 Å². The Kier molecular flexibility index (Phi) is 5.02. The van der Waals surface area contributed by atoms with Crippen molar-refractivity contribution in [1.82, 2.24) is 9.97 Å². The third kappa shape index (κ3) is 3.86. The average Bonchev–Trinajstić information content (AvgIpc) is 3.06. The normalized spacial score (nSPS) is 10.6. The SMILES string of the molecule is N#CCc1coc2cc(Oc3ccnc(Nc4ccc(Cl)cc4)n3)c(Cl)cc12. The smallest absolute Gasteiger partial charge is 0.230 e. The van der Waals surface area contributed by atoms with E-state index >= 15 is 0 Å². The molecular formula is C20H12Cl2N4O2. The summed E-state index contributed by atoms with van der Waals surface area (Å²) in [7, 11) is 0. The van der Waals surface area contributed by atoms with Gasteiger partial charge in [-0.25, -0.2) is 4.98 Å². The molecule has 0 bridgehead atoms. The van der Waals surface area contributed by atoms with E-state index in [1.165, 1.54) is 0 Å². The Morgan fingerprint density at radius 2 is 1.96 bits per heavy atom. The van der Waals surface area contributed by atoms with E-state index in [-0.39, 0.29) is 6.42 Å². The molecule has 4 rings (SSSR count). The summed E-state index contributed by atoms with van der Waals surface area (Å²) in [4.78, 5) is 8.51. The first-order valence-corrected chi connectivity index (χ1v) is 8.98. The van der Waals surface area contributed by atoms with Crippen LogP contribution < -0.4 is 10.1 Å². The fourth-order valence-electron chi connectivity index (χ4n) is 2.62. The fourth-order valence-corrected chi connectivity index (χ4v) is 2.94.